The van der Waals surface area contributed by atoms with Crippen molar-refractivity contribution in [2.24, 2.45) is 0 Å². The molecule has 1 aliphatic heterocycles. The van der Waals surface area contributed by atoms with E-state index in [1.807, 2.05) is 0 Å². The molecule has 1 aromatic rings. The highest BCUT2D eigenvalue weighted by molar-refractivity contribution is 8.00. The highest BCUT2D eigenvalue weighted by Crippen LogP contribution is 2.29. The molecule has 1 saturated heterocycles. The van der Waals surface area contributed by atoms with E-state index in [0.29, 0.717) is 22.3 Å². The highest BCUT2D eigenvalue weighted by Gasteiger charge is 2.10. The summed E-state index contributed by atoms with van der Waals surface area (Å²) in [6, 6.07) is 5.26. The van der Waals surface area contributed by atoms with Crippen LogP contribution in [0.15, 0.2) is 23.1 Å². The molecule has 1 fully saturated rings. The number of benzene rings is 1. The summed E-state index contributed by atoms with van der Waals surface area (Å²) in [5.41, 5.74) is 0. The van der Waals surface area contributed by atoms with Gasteiger partial charge < -0.3 is 10.1 Å². The van der Waals surface area contributed by atoms with Crippen LogP contribution in [0.4, 0.5) is 0 Å². The molecule has 2 rings (SSSR count). The molecule has 1 aliphatic rings. The summed E-state index contributed by atoms with van der Waals surface area (Å²) in [5.74, 6) is 0.362. The lowest BCUT2D eigenvalue weighted by atomic mass is 10.3. The van der Waals surface area contributed by atoms with Gasteiger partial charge >= 0.3 is 0 Å². The van der Waals surface area contributed by atoms with E-state index in [1.165, 1.54) is 11.8 Å². The Kier molecular flexibility index (Phi) is 7.83. The number of morpholine rings is 1. The highest BCUT2D eigenvalue weighted by atomic mass is 35.5. The first-order valence-corrected chi connectivity index (χ1v) is 9.04. The topological polar surface area (TPSA) is 41.6 Å². The first-order valence-electron chi connectivity index (χ1n) is 7.30. The number of hydrogen-bond acceptors (Lipinski definition) is 4. The second-order valence-corrected chi connectivity index (χ2v) is 6.88. The van der Waals surface area contributed by atoms with Crippen LogP contribution in [0.25, 0.3) is 0 Å². The van der Waals surface area contributed by atoms with E-state index in [-0.39, 0.29) is 5.91 Å². The summed E-state index contributed by atoms with van der Waals surface area (Å²) in [6.07, 6.45) is 0.953. The smallest absolute Gasteiger partial charge is 0.230 e. The molecule has 122 valence electrons. The monoisotopic (exact) mass is 362 g/mol. The minimum atomic E-state index is 0.0167. The van der Waals surface area contributed by atoms with Gasteiger partial charge in [-0.25, -0.2) is 0 Å². The Morgan fingerprint density at radius 1 is 1.32 bits per heavy atom. The summed E-state index contributed by atoms with van der Waals surface area (Å²) in [5, 5.41) is 4.18. The molecule has 1 amide bonds. The fourth-order valence-electron chi connectivity index (χ4n) is 2.14. The van der Waals surface area contributed by atoms with Gasteiger partial charge in [-0.15, -0.1) is 11.8 Å². The van der Waals surface area contributed by atoms with Crippen LogP contribution < -0.4 is 5.32 Å². The quantitative estimate of drug-likeness (QED) is 0.598. The molecule has 0 saturated carbocycles. The number of hydrogen-bond donors (Lipinski definition) is 1. The third kappa shape index (κ3) is 6.34. The van der Waals surface area contributed by atoms with Crippen molar-refractivity contribution in [3.63, 3.8) is 0 Å². The number of rotatable bonds is 7. The summed E-state index contributed by atoms with van der Waals surface area (Å²) in [4.78, 5) is 15.0. The molecule has 0 unspecified atom stereocenters. The van der Waals surface area contributed by atoms with Crippen molar-refractivity contribution in [2.75, 3.05) is 45.1 Å². The molecule has 1 N–H and O–H groups in total. The largest absolute Gasteiger partial charge is 0.379 e. The fourth-order valence-corrected chi connectivity index (χ4v) is 3.46. The van der Waals surface area contributed by atoms with Crippen molar-refractivity contribution in [3.8, 4) is 0 Å². The maximum absolute atomic E-state index is 11.8. The van der Waals surface area contributed by atoms with Crippen molar-refractivity contribution >= 4 is 40.9 Å². The Balaban J connectivity index is 1.60. The minimum Gasteiger partial charge on any atom is -0.379 e. The maximum Gasteiger partial charge on any atom is 0.230 e. The normalized spacial score (nSPS) is 15.7. The molecule has 0 spiro atoms. The van der Waals surface area contributed by atoms with Gasteiger partial charge in [-0.3, -0.25) is 9.69 Å². The lowest BCUT2D eigenvalue weighted by Crippen LogP contribution is -2.38. The lowest BCUT2D eigenvalue weighted by Gasteiger charge is -2.26. The Morgan fingerprint density at radius 2 is 2.09 bits per heavy atom. The van der Waals surface area contributed by atoms with Crippen LogP contribution >= 0.6 is 35.0 Å². The zero-order chi connectivity index (χ0) is 15.8. The van der Waals surface area contributed by atoms with E-state index in [9.17, 15) is 4.79 Å². The number of carbonyl (C=O) groups excluding carboxylic acids is 1. The number of nitrogens with zero attached hydrogens (tertiary/aromatic N) is 1. The van der Waals surface area contributed by atoms with Crippen molar-refractivity contribution in [1.82, 2.24) is 10.2 Å². The zero-order valence-electron chi connectivity index (χ0n) is 12.3. The number of nitrogens with one attached hydrogen (secondary N) is 1. The number of halogens is 2. The van der Waals surface area contributed by atoms with Gasteiger partial charge in [0.1, 0.15) is 0 Å². The van der Waals surface area contributed by atoms with Crippen LogP contribution in [-0.2, 0) is 9.53 Å². The van der Waals surface area contributed by atoms with Gasteiger partial charge in [0.15, 0.2) is 0 Å². The van der Waals surface area contributed by atoms with Crippen LogP contribution in [0.1, 0.15) is 6.42 Å². The number of ether oxygens (including phenoxy) is 1. The SMILES string of the molecule is O=C(CSc1cc(Cl)ccc1Cl)NCCCN1CCOCC1. The van der Waals surface area contributed by atoms with Crippen LogP contribution in [0, 0.1) is 0 Å². The molecule has 0 atom stereocenters. The predicted molar refractivity (Wildman–Crippen MR) is 92.1 cm³/mol. The van der Waals surface area contributed by atoms with E-state index in [2.05, 4.69) is 10.2 Å². The lowest BCUT2D eigenvalue weighted by molar-refractivity contribution is -0.118. The Bertz CT molecular complexity index is 496. The summed E-state index contributed by atoms with van der Waals surface area (Å²) in [7, 11) is 0. The third-order valence-electron chi connectivity index (χ3n) is 3.33. The zero-order valence-corrected chi connectivity index (χ0v) is 14.6. The van der Waals surface area contributed by atoms with Gasteiger partial charge in [-0.05, 0) is 31.2 Å². The van der Waals surface area contributed by atoms with Crippen LogP contribution in [0.5, 0.6) is 0 Å². The summed E-state index contributed by atoms with van der Waals surface area (Å²) < 4.78 is 5.30. The molecule has 0 aliphatic carbocycles. The second kappa shape index (κ2) is 9.63. The minimum absolute atomic E-state index is 0.0167. The van der Waals surface area contributed by atoms with Crippen LogP contribution in [0.2, 0.25) is 10.0 Å². The fraction of sp³-hybridized carbons (Fsp3) is 0.533. The number of amides is 1. The molecule has 0 radical (unpaired) electrons. The van der Waals surface area contributed by atoms with Gasteiger partial charge in [-0.2, -0.15) is 0 Å². The Labute approximate surface area is 145 Å². The van der Waals surface area contributed by atoms with Crippen molar-refractivity contribution in [2.45, 2.75) is 11.3 Å². The number of thioether (sulfide) groups is 1. The summed E-state index contributed by atoms with van der Waals surface area (Å²) >= 11 is 13.4. The van der Waals surface area contributed by atoms with Gasteiger partial charge in [0.25, 0.3) is 0 Å². The first-order chi connectivity index (χ1) is 10.6. The second-order valence-electron chi connectivity index (χ2n) is 5.02. The van der Waals surface area contributed by atoms with Gasteiger partial charge in [0, 0.05) is 29.6 Å². The third-order valence-corrected chi connectivity index (χ3v) is 5.06. The van der Waals surface area contributed by atoms with E-state index < -0.39 is 0 Å². The standard InChI is InChI=1S/C15H20Cl2N2O2S/c16-12-2-3-13(17)14(10-12)22-11-15(20)18-4-1-5-19-6-8-21-9-7-19/h2-3,10H,1,4-9,11H2,(H,18,20). The van der Waals surface area contributed by atoms with Gasteiger partial charge in [0.05, 0.1) is 24.0 Å². The molecule has 0 bridgehead atoms. The Morgan fingerprint density at radius 3 is 2.86 bits per heavy atom. The molecule has 1 heterocycles. The predicted octanol–water partition coefficient (Wildman–Crippen LogP) is 2.92. The van der Waals surface area contributed by atoms with E-state index in [1.54, 1.807) is 18.2 Å². The van der Waals surface area contributed by atoms with E-state index in [0.717, 1.165) is 44.2 Å². The summed E-state index contributed by atoms with van der Waals surface area (Å²) in [6.45, 7) is 5.28. The molecule has 22 heavy (non-hydrogen) atoms. The molecule has 7 heteroatoms. The molecule has 4 nitrogen and oxygen atoms in total. The molecular weight excluding hydrogens is 343 g/mol. The average molecular weight is 363 g/mol. The van der Waals surface area contributed by atoms with E-state index in [4.69, 9.17) is 27.9 Å². The molecule has 0 aromatic heterocycles. The Hall–Kier alpha value is -0.460. The van der Waals surface area contributed by atoms with Crippen LogP contribution in [-0.4, -0.2) is 56.0 Å². The maximum atomic E-state index is 11.8. The average Bonchev–Trinajstić information content (AvgIpc) is 2.53. The van der Waals surface area contributed by atoms with Crippen molar-refractivity contribution < 1.29 is 9.53 Å². The van der Waals surface area contributed by atoms with Crippen molar-refractivity contribution in [3.05, 3.63) is 28.2 Å². The number of carbonyl (C=O) groups is 1. The molecular formula is C15H20Cl2N2O2S. The van der Waals surface area contributed by atoms with Gasteiger partial charge in [-0.1, -0.05) is 23.2 Å². The van der Waals surface area contributed by atoms with Crippen molar-refractivity contribution in [1.29, 1.82) is 0 Å². The molecule has 1 aromatic carbocycles. The van der Waals surface area contributed by atoms with Gasteiger partial charge in [0.2, 0.25) is 5.91 Å². The van der Waals surface area contributed by atoms with E-state index >= 15 is 0 Å². The first kappa shape index (κ1) is 17.9. The van der Waals surface area contributed by atoms with Crippen LogP contribution in [0.3, 0.4) is 0 Å².